The molecule has 110 valence electrons. The van der Waals surface area contributed by atoms with Gasteiger partial charge in [0.1, 0.15) is 11.3 Å². The highest BCUT2D eigenvalue weighted by Gasteiger charge is 2.22. The van der Waals surface area contributed by atoms with Crippen LogP contribution in [-0.4, -0.2) is 21.6 Å². The zero-order chi connectivity index (χ0) is 15.7. The fourth-order valence-electron chi connectivity index (χ4n) is 2.37. The van der Waals surface area contributed by atoms with E-state index in [1.54, 1.807) is 27.1 Å². The van der Waals surface area contributed by atoms with E-state index in [9.17, 15) is 9.90 Å². The van der Waals surface area contributed by atoms with Crippen LogP contribution in [0.15, 0.2) is 16.9 Å². The molecule has 0 saturated carbocycles. The monoisotopic (exact) mass is 286 g/mol. The van der Waals surface area contributed by atoms with Gasteiger partial charge < -0.3 is 9.84 Å². The summed E-state index contributed by atoms with van der Waals surface area (Å²) in [6.07, 6.45) is 0. The quantitative estimate of drug-likeness (QED) is 0.856. The topological polar surface area (TPSA) is 56.4 Å². The van der Waals surface area contributed by atoms with Crippen molar-refractivity contribution in [2.24, 2.45) is 14.1 Å². The Hall–Kier alpha value is -2.61. The van der Waals surface area contributed by atoms with Crippen LogP contribution in [0.1, 0.15) is 18.1 Å². The van der Waals surface area contributed by atoms with E-state index in [4.69, 9.17) is 4.74 Å². The first-order chi connectivity index (χ1) is 9.92. The predicted molar refractivity (Wildman–Crippen MR) is 81.6 cm³/mol. The van der Waals surface area contributed by atoms with Crippen molar-refractivity contribution in [3.63, 3.8) is 0 Å². The molecule has 1 heterocycles. The van der Waals surface area contributed by atoms with Gasteiger partial charge in [-0.05, 0) is 31.5 Å². The first-order valence-corrected chi connectivity index (χ1v) is 6.49. The van der Waals surface area contributed by atoms with E-state index < -0.39 is 0 Å². The third-order valence-corrected chi connectivity index (χ3v) is 3.53. The Kier molecular flexibility index (Phi) is 3.81. The first-order valence-electron chi connectivity index (χ1n) is 6.49. The zero-order valence-electron chi connectivity index (χ0n) is 12.8. The van der Waals surface area contributed by atoms with Crippen LogP contribution in [0, 0.1) is 18.8 Å². The molecule has 0 saturated heterocycles. The van der Waals surface area contributed by atoms with E-state index in [0.29, 0.717) is 11.3 Å². The molecule has 5 heteroatoms. The van der Waals surface area contributed by atoms with E-state index in [1.165, 1.54) is 16.5 Å². The van der Waals surface area contributed by atoms with E-state index >= 15 is 0 Å². The largest absolute Gasteiger partial charge is 0.496 e. The Morgan fingerprint density at radius 1 is 1.19 bits per heavy atom. The van der Waals surface area contributed by atoms with Crippen molar-refractivity contribution in [2.45, 2.75) is 13.8 Å². The maximum atomic E-state index is 12.3. The van der Waals surface area contributed by atoms with Crippen molar-refractivity contribution in [2.75, 3.05) is 7.11 Å². The molecule has 0 fully saturated rings. The lowest BCUT2D eigenvalue weighted by Gasteiger charge is -2.11. The van der Waals surface area contributed by atoms with Gasteiger partial charge in [0.2, 0.25) is 5.88 Å². The SMILES string of the molecule is CC#Cc1cc(C)c(-c2c(O)n(C)n(C)c2=O)c(OC)c1. The Morgan fingerprint density at radius 2 is 1.86 bits per heavy atom. The van der Waals surface area contributed by atoms with Gasteiger partial charge in [-0.3, -0.25) is 14.2 Å². The second-order valence-electron chi connectivity index (χ2n) is 4.80. The van der Waals surface area contributed by atoms with E-state index in [2.05, 4.69) is 11.8 Å². The van der Waals surface area contributed by atoms with Gasteiger partial charge in [0.25, 0.3) is 5.56 Å². The highest BCUT2D eigenvalue weighted by Crippen LogP contribution is 2.36. The maximum Gasteiger partial charge on any atom is 0.278 e. The highest BCUT2D eigenvalue weighted by atomic mass is 16.5. The van der Waals surface area contributed by atoms with Gasteiger partial charge in [-0.15, -0.1) is 5.92 Å². The molecule has 0 bridgehead atoms. The fraction of sp³-hybridized carbons (Fsp3) is 0.312. The van der Waals surface area contributed by atoms with Crippen molar-refractivity contribution in [3.05, 3.63) is 33.6 Å². The third-order valence-electron chi connectivity index (χ3n) is 3.53. The number of ether oxygens (including phenoxy) is 1. The fourth-order valence-corrected chi connectivity index (χ4v) is 2.37. The van der Waals surface area contributed by atoms with Gasteiger partial charge >= 0.3 is 0 Å². The number of methoxy groups -OCH3 is 1. The van der Waals surface area contributed by atoms with Gasteiger partial charge in [-0.1, -0.05) is 5.92 Å². The number of aromatic nitrogens is 2. The minimum absolute atomic E-state index is 0.0850. The summed E-state index contributed by atoms with van der Waals surface area (Å²) in [5, 5.41) is 10.2. The van der Waals surface area contributed by atoms with Crippen LogP contribution in [0.4, 0.5) is 0 Å². The predicted octanol–water partition coefficient (Wildman–Crippen LogP) is 1.78. The second kappa shape index (κ2) is 5.41. The number of hydrogen-bond acceptors (Lipinski definition) is 3. The maximum absolute atomic E-state index is 12.3. The lowest BCUT2D eigenvalue weighted by Crippen LogP contribution is -2.17. The van der Waals surface area contributed by atoms with Gasteiger partial charge in [0.15, 0.2) is 0 Å². The smallest absolute Gasteiger partial charge is 0.278 e. The molecule has 0 radical (unpaired) electrons. The molecule has 2 rings (SSSR count). The lowest BCUT2D eigenvalue weighted by atomic mass is 9.99. The summed E-state index contributed by atoms with van der Waals surface area (Å²) in [4.78, 5) is 12.3. The number of aryl methyl sites for hydroxylation is 1. The molecule has 0 atom stereocenters. The molecule has 0 aliphatic rings. The minimum atomic E-state index is -0.272. The summed E-state index contributed by atoms with van der Waals surface area (Å²) < 4.78 is 8.14. The van der Waals surface area contributed by atoms with Crippen molar-refractivity contribution in [1.29, 1.82) is 0 Å². The standard InChI is InChI=1S/C16H18N2O3/c1-6-7-11-8-10(2)13(12(9-11)21-5)14-15(19)17(3)18(4)16(14)20/h8-9,19H,1-5H3. The molecule has 0 amide bonds. The van der Waals surface area contributed by atoms with Crippen LogP contribution >= 0.6 is 0 Å². The number of hydrogen-bond donors (Lipinski definition) is 1. The molecule has 0 unspecified atom stereocenters. The number of rotatable bonds is 2. The van der Waals surface area contributed by atoms with Crippen LogP contribution in [0.3, 0.4) is 0 Å². The molecule has 0 aliphatic heterocycles. The van der Waals surface area contributed by atoms with E-state index in [-0.39, 0.29) is 17.0 Å². The lowest BCUT2D eigenvalue weighted by molar-refractivity contribution is 0.397. The molecular weight excluding hydrogens is 268 g/mol. The van der Waals surface area contributed by atoms with Crippen molar-refractivity contribution >= 4 is 0 Å². The average Bonchev–Trinajstić information content (AvgIpc) is 2.64. The van der Waals surface area contributed by atoms with Gasteiger partial charge in [-0.2, -0.15) is 0 Å². The molecule has 1 N–H and O–H groups in total. The molecule has 0 spiro atoms. The van der Waals surface area contributed by atoms with Crippen LogP contribution in [-0.2, 0) is 14.1 Å². The number of benzene rings is 1. The molecule has 1 aromatic heterocycles. The Balaban J connectivity index is 2.84. The molecular formula is C16H18N2O3. The van der Waals surface area contributed by atoms with E-state index in [1.807, 2.05) is 13.0 Å². The van der Waals surface area contributed by atoms with Crippen molar-refractivity contribution in [3.8, 4) is 34.6 Å². The van der Waals surface area contributed by atoms with Crippen molar-refractivity contribution in [1.82, 2.24) is 9.36 Å². The summed E-state index contributed by atoms with van der Waals surface area (Å²) in [5.41, 5.74) is 2.20. The Labute approximate surface area is 123 Å². The molecule has 2 aromatic rings. The van der Waals surface area contributed by atoms with Crippen LogP contribution in [0.5, 0.6) is 11.6 Å². The van der Waals surface area contributed by atoms with Gasteiger partial charge in [-0.25, -0.2) is 0 Å². The summed E-state index contributed by atoms with van der Waals surface area (Å²) in [6.45, 7) is 3.62. The normalized spacial score (nSPS) is 10.1. The average molecular weight is 286 g/mol. The summed E-state index contributed by atoms with van der Waals surface area (Å²) in [7, 11) is 4.76. The Morgan fingerprint density at radius 3 is 2.33 bits per heavy atom. The molecule has 1 aromatic carbocycles. The Bertz CT molecular complexity index is 817. The molecule has 5 nitrogen and oxygen atoms in total. The summed E-state index contributed by atoms with van der Waals surface area (Å²) in [6, 6.07) is 3.64. The third kappa shape index (κ3) is 2.29. The number of nitrogens with zero attached hydrogens (tertiary/aromatic N) is 2. The highest BCUT2D eigenvalue weighted by molar-refractivity contribution is 5.78. The van der Waals surface area contributed by atoms with Gasteiger partial charge in [0.05, 0.1) is 7.11 Å². The van der Waals surface area contributed by atoms with Gasteiger partial charge in [0, 0.05) is 25.2 Å². The van der Waals surface area contributed by atoms with Crippen LogP contribution in [0.2, 0.25) is 0 Å². The molecule has 0 aliphatic carbocycles. The summed E-state index contributed by atoms with van der Waals surface area (Å²) >= 11 is 0. The first kappa shape index (κ1) is 14.8. The van der Waals surface area contributed by atoms with Crippen LogP contribution < -0.4 is 10.3 Å². The van der Waals surface area contributed by atoms with Crippen molar-refractivity contribution < 1.29 is 9.84 Å². The molecule has 21 heavy (non-hydrogen) atoms. The summed E-state index contributed by atoms with van der Waals surface area (Å²) in [5.74, 6) is 6.23. The van der Waals surface area contributed by atoms with Crippen LogP contribution in [0.25, 0.3) is 11.1 Å². The van der Waals surface area contributed by atoms with E-state index in [0.717, 1.165) is 11.1 Å². The number of aromatic hydroxyl groups is 1. The second-order valence-corrected chi connectivity index (χ2v) is 4.80. The zero-order valence-corrected chi connectivity index (χ0v) is 12.8. The minimum Gasteiger partial charge on any atom is -0.496 e.